The Morgan fingerprint density at radius 1 is 0.884 bits per heavy atom. The minimum absolute atomic E-state index is 0.0573. The van der Waals surface area contributed by atoms with Crippen molar-refractivity contribution in [2.45, 2.75) is 58.2 Å². The SMILES string of the molecule is CC(C)(C)[Si](C)(C)Oc1ccc2c(C(=O)c3ccc(OCCN4CCCCC4)cc3)c(-c3ccc(C(N)=O)cc3)sc2c1. The molecule has 8 heteroatoms. The second-order valence-electron chi connectivity index (χ2n) is 12.9. The quantitative estimate of drug-likeness (QED) is 0.144. The van der Waals surface area contributed by atoms with Crippen LogP contribution in [0.5, 0.6) is 11.5 Å². The highest BCUT2D eigenvalue weighted by atomic mass is 32.1. The van der Waals surface area contributed by atoms with Gasteiger partial charge >= 0.3 is 0 Å². The van der Waals surface area contributed by atoms with Gasteiger partial charge in [0.2, 0.25) is 14.2 Å². The fourth-order valence-electron chi connectivity index (χ4n) is 5.13. The second-order valence-corrected chi connectivity index (χ2v) is 18.6. The second kappa shape index (κ2) is 12.6. The zero-order valence-corrected chi connectivity index (χ0v) is 27.7. The minimum atomic E-state index is -2.04. The lowest BCUT2D eigenvalue weighted by atomic mass is 9.97. The van der Waals surface area contributed by atoms with Gasteiger partial charge in [0.1, 0.15) is 18.1 Å². The average molecular weight is 615 g/mol. The van der Waals surface area contributed by atoms with Crippen molar-refractivity contribution < 1.29 is 18.8 Å². The molecule has 0 radical (unpaired) electrons. The summed E-state index contributed by atoms with van der Waals surface area (Å²) in [7, 11) is -2.04. The van der Waals surface area contributed by atoms with Gasteiger partial charge in [-0.05, 0) is 104 Å². The van der Waals surface area contributed by atoms with Gasteiger partial charge in [-0.3, -0.25) is 14.5 Å². The zero-order chi connectivity index (χ0) is 30.8. The summed E-state index contributed by atoms with van der Waals surface area (Å²) in [6.45, 7) is 15.0. The first kappa shape index (κ1) is 31.0. The van der Waals surface area contributed by atoms with E-state index < -0.39 is 14.2 Å². The topological polar surface area (TPSA) is 81.9 Å². The Morgan fingerprint density at radius 3 is 2.14 bits per heavy atom. The van der Waals surface area contributed by atoms with Gasteiger partial charge in [-0.25, -0.2) is 0 Å². The van der Waals surface area contributed by atoms with Crippen molar-refractivity contribution in [1.82, 2.24) is 4.90 Å². The molecule has 0 bridgehead atoms. The highest BCUT2D eigenvalue weighted by Gasteiger charge is 2.39. The predicted octanol–water partition coefficient (Wildman–Crippen LogP) is 8.15. The number of hydrogen-bond donors (Lipinski definition) is 1. The Kier molecular flexibility index (Phi) is 9.11. The molecule has 1 saturated heterocycles. The molecule has 6 nitrogen and oxygen atoms in total. The van der Waals surface area contributed by atoms with E-state index >= 15 is 0 Å². The lowest BCUT2D eigenvalue weighted by Crippen LogP contribution is -2.43. The molecule has 0 saturated carbocycles. The van der Waals surface area contributed by atoms with Crippen LogP contribution in [0.1, 0.15) is 66.3 Å². The van der Waals surface area contributed by atoms with Gasteiger partial charge in [-0.15, -0.1) is 11.3 Å². The molecule has 0 aliphatic carbocycles. The Hall–Kier alpha value is -3.46. The Bertz CT molecular complexity index is 1600. The van der Waals surface area contributed by atoms with Crippen LogP contribution in [0, 0.1) is 0 Å². The normalized spacial score (nSPS) is 14.5. The van der Waals surface area contributed by atoms with E-state index in [1.165, 1.54) is 19.3 Å². The molecule has 2 heterocycles. The fraction of sp³-hybridized carbons (Fsp3) is 0.371. The number of ether oxygens (including phenoxy) is 1. The number of rotatable bonds is 10. The Morgan fingerprint density at radius 2 is 1.51 bits per heavy atom. The molecule has 2 N–H and O–H groups in total. The molecule has 43 heavy (non-hydrogen) atoms. The number of benzene rings is 3. The van der Waals surface area contributed by atoms with Crippen LogP contribution in [-0.2, 0) is 0 Å². The molecule has 1 amide bonds. The van der Waals surface area contributed by atoms with Crippen molar-refractivity contribution in [3.05, 3.63) is 83.4 Å². The molecule has 1 fully saturated rings. The number of likely N-dealkylation sites (tertiary alicyclic amines) is 1. The van der Waals surface area contributed by atoms with E-state index in [0.29, 0.717) is 23.3 Å². The van der Waals surface area contributed by atoms with Crippen molar-refractivity contribution in [1.29, 1.82) is 0 Å². The van der Waals surface area contributed by atoms with E-state index in [4.69, 9.17) is 14.9 Å². The zero-order valence-electron chi connectivity index (χ0n) is 25.9. The lowest BCUT2D eigenvalue weighted by molar-refractivity contribution is 0.0998. The first-order valence-corrected chi connectivity index (χ1v) is 18.8. The highest BCUT2D eigenvalue weighted by molar-refractivity contribution is 7.22. The van der Waals surface area contributed by atoms with E-state index in [9.17, 15) is 9.59 Å². The lowest BCUT2D eigenvalue weighted by Gasteiger charge is -2.36. The molecule has 0 spiro atoms. The molecular weight excluding hydrogens is 573 g/mol. The maximum atomic E-state index is 14.1. The van der Waals surface area contributed by atoms with Gasteiger partial charge in [0.05, 0.1) is 0 Å². The number of hydrogen-bond acceptors (Lipinski definition) is 6. The monoisotopic (exact) mass is 614 g/mol. The van der Waals surface area contributed by atoms with E-state index in [1.807, 2.05) is 48.5 Å². The van der Waals surface area contributed by atoms with Crippen molar-refractivity contribution in [2.75, 3.05) is 26.2 Å². The summed E-state index contributed by atoms with van der Waals surface area (Å²) < 4.78 is 13.6. The Balaban J connectivity index is 1.45. The number of nitrogens with two attached hydrogens (primary N) is 1. The molecule has 0 atom stereocenters. The summed E-state index contributed by atoms with van der Waals surface area (Å²) >= 11 is 1.56. The van der Waals surface area contributed by atoms with Gasteiger partial charge < -0.3 is 14.9 Å². The molecule has 4 aromatic rings. The van der Waals surface area contributed by atoms with Gasteiger partial charge in [0.15, 0.2) is 5.78 Å². The first-order valence-electron chi connectivity index (χ1n) is 15.1. The molecule has 3 aromatic carbocycles. The van der Waals surface area contributed by atoms with Crippen LogP contribution < -0.4 is 14.9 Å². The fourth-order valence-corrected chi connectivity index (χ4v) is 7.38. The van der Waals surface area contributed by atoms with Crippen LogP contribution in [0.3, 0.4) is 0 Å². The standard InChI is InChI=1S/C35H42N2O4SSi/c1-35(2,3)43(4,5)41-28-17-18-29-30(23-28)42-33(25-9-11-26(12-10-25)34(36)39)31(29)32(38)24-13-15-27(16-14-24)40-22-21-37-19-7-6-8-20-37/h9-18,23H,6-8,19-22H2,1-5H3,(H2,36,39). The summed E-state index contributed by atoms with van der Waals surface area (Å²) in [5, 5.41) is 0.948. The average Bonchev–Trinajstić information content (AvgIpc) is 3.36. The number of primary amides is 1. The third kappa shape index (κ3) is 7.03. The van der Waals surface area contributed by atoms with E-state index in [1.54, 1.807) is 23.5 Å². The number of amides is 1. The summed E-state index contributed by atoms with van der Waals surface area (Å²) in [5.74, 6) is 1.04. The number of thiophene rings is 1. The van der Waals surface area contributed by atoms with Crippen molar-refractivity contribution in [3.63, 3.8) is 0 Å². The van der Waals surface area contributed by atoms with Crippen molar-refractivity contribution >= 4 is 41.4 Å². The molecule has 1 aromatic heterocycles. The molecule has 1 aliphatic rings. The number of fused-ring (bicyclic) bond motifs is 1. The summed E-state index contributed by atoms with van der Waals surface area (Å²) in [6.07, 6.45) is 3.84. The Labute approximate surface area is 259 Å². The molecule has 5 rings (SSSR count). The minimum Gasteiger partial charge on any atom is -0.543 e. The molecule has 226 valence electrons. The number of nitrogens with zero attached hydrogens (tertiary/aromatic N) is 1. The van der Waals surface area contributed by atoms with E-state index in [0.717, 1.165) is 51.7 Å². The number of carbonyl (C=O) groups is 2. The van der Waals surface area contributed by atoms with Gasteiger partial charge in [0, 0.05) is 38.2 Å². The first-order chi connectivity index (χ1) is 20.4. The van der Waals surface area contributed by atoms with Gasteiger partial charge in [-0.1, -0.05) is 39.3 Å². The number of piperidine rings is 1. The van der Waals surface area contributed by atoms with Crippen molar-refractivity contribution in [3.8, 4) is 21.9 Å². The van der Waals surface area contributed by atoms with Crippen LogP contribution in [-0.4, -0.2) is 51.1 Å². The van der Waals surface area contributed by atoms with Crippen LogP contribution in [0.2, 0.25) is 18.1 Å². The third-order valence-corrected chi connectivity index (χ3v) is 14.3. The largest absolute Gasteiger partial charge is 0.543 e. The van der Waals surface area contributed by atoms with Crippen LogP contribution in [0.4, 0.5) is 0 Å². The van der Waals surface area contributed by atoms with Crippen LogP contribution in [0.25, 0.3) is 20.5 Å². The smallest absolute Gasteiger partial charge is 0.250 e. The molecular formula is C35H42N2O4SSi. The highest BCUT2D eigenvalue weighted by Crippen LogP contribution is 2.43. The maximum absolute atomic E-state index is 14.1. The number of carbonyl (C=O) groups excluding carboxylic acids is 2. The summed E-state index contributed by atoms with van der Waals surface area (Å²) in [4.78, 5) is 29.1. The van der Waals surface area contributed by atoms with Gasteiger partial charge in [-0.2, -0.15) is 0 Å². The summed E-state index contributed by atoms with van der Waals surface area (Å²) in [6, 6.07) is 20.6. The summed E-state index contributed by atoms with van der Waals surface area (Å²) in [5.41, 5.74) is 8.01. The van der Waals surface area contributed by atoms with Gasteiger partial charge in [0.25, 0.3) is 0 Å². The number of ketones is 1. The predicted molar refractivity (Wildman–Crippen MR) is 179 cm³/mol. The third-order valence-electron chi connectivity index (χ3n) is 8.74. The van der Waals surface area contributed by atoms with Crippen LogP contribution >= 0.6 is 11.3 Å². The molecule has 1 aliphatic heterocycles. The van der Waals surface area contributed by atoms with Crippen molar-refractivity contribution in [2.24, 2.45) is 5.73 Å². The maximum Gasteiger partial charge on any atom is 0.250 e. The van der Waals surface area contributed by atoms with Crippen LogP contribution in [0.15, 0.2) is 66.7 Å². The van der Waals surface area contributed by atoms with E-state index in [-0.39, 0.29) is 10.8 Å². The van der Waals surface area contributed by atoms with E-state index in [2.05, 4.69) is 44.8 Å². The molecule has 0 unspecified atom stereocenters.